The Hall–Kier alpha value is -1.42. The number of benzene rings is 1. The average Bonchev–Trinajstić information content (AvgIpc) is 3.13. The van der Waals surface area contributed by atoms with Gasteiger partial charge >= 0.3 is 0 Å². The van der Waals surface area contributed by atoms with Crippen LogP contribution in [0.25, 0.3) is 5.69 Å². The number of rotatable bonds is 3. The highest BCUT2D eigenvalue weighted by Gasteiger charge is 2.29. The Morgan fingerprint density at radius 1 is 1.29 bits per heavy atom. The van der Waals surface area contributed by atoms with E-state index in [9.17, 15) is 4.79 Å². The predicted molar refractivity (Wildman–Crippen MR) is 68.6 cm³/mol. The molecule has 0 atom stereocenters. The van der Waals surface area contributed by atoms with E-state index in [0.717, 1.165) is 16.4 Å². The lowest BCUT2D eigenvalue weighted by Crippen LogP contribution is -2.01. The number of halogens is 1. The summed E-state index contributed by atoms with van der Waals surface area (Å²) in [4.78, 5) is 10.6. The van der Waals surface area contributed by atoms with Crippen LogP contribution in [0.2, 0.25) is 0 Å². The van der Waals surface area contributed by atoms with E-state index in [2.05, 4.69) is 21.0 Å². The lowest BCUT2D eigenvalue weighted by Gasteiger charge is -2.07. The van der Waals surface area contributed by atoms with Crippen LogP contribution in [0.5, 0.6) is 0 Å². The maximum atomic E-state index is 10.6. The van der Waals surface area contributed by atoms with Crippen molar-refractivity contribution in [1.82, 2.24) is 9.78 Å². The van der Waals surface area contributed by atoms with Gasteiger partial charge in [0.1, 0.15) is 6.29 Å². The Balaban J connectivity index is 2.05. The summed E-state index contributed by atoms with van der Waals surface area (Å²) in [6.07, 6.45) is 5.15. The summed E-state index contributed by atoms with van der Waals surface area (Å²) < 4.78 is 3.02. The summed E-state index contributed by atoms with van der Waals surface area (Å²) in [5.74, 6) is 0.623. The van der Waals surface area contributed by atoms with Gasteiger partial charge < -0.3 is 0 Å². The van der Waals surface area contributed by atoms with Crippen LogP contribution in [0.15, 0.2) is 34.9 Å². The van der Waals surface area contributed by atoms with Gasteiger partial charge in [0.05, 0.1) is 22.1 Å². The predicted octanol–water partition coefficient (Wildman–Crippen LogP) is 3.32. The number of aldehydes is 1. The van der Waals surface area contributed by atoms with E-state index in [1.54, 1.807) is 0 Å². The number of hydrogen-bond acceptors (Lipinski definition) is 2. The second-order valence-corrected chi connectivity index (χ2v) is 5.13. The van der Waals surface area contributed by atoms with E-state index in [1.165, 1.54) is 18.5 Å². The Kier molecular flexibility index (Phi) is 2.59. The summed E-state index contributed by atoms with van der Waals surface area (Å²) in [5, 5.41) is 4.38. The minimum absolute atomic E-state index is 0.623. The molecular formula is C13H11BrN2O. The standard InChI is InChI=1S/C13H11BrN2O/c14-12-7-15-16(13(12)10-3-4-10)11-5-1-9(8-17)2-6-11/h1-2,5-8,10H,3-4H2. The highest BCUT2D eigenvalue weighted by Crippen LogP contribution is 2.43. The molecule has 1 aromatic carbocycles. The van der Waals surface area contributed by atoms with E-state index in [1.807, 2.05) is 35.1 Å². The molecule has 0 spiro atoms. The van der Waals surface area contributed by atoms with Crippen LogP contribution in [0.3, 0.4) is 0 Å². The highest BCUT2D eigenvalue weighted by molar-refractivity contribution is 9.10. The number of aromatic nitrogens is 2. The van der Waals surface area contributed by atoms with Crippen molar-refractivity contribution in [2.24, 2.45) is 0 Å². The van der Waals surface area contributed by atoms with Crippen LogP contribution in [-0.4, -0.2) is 16.1 Å². The van der Waals surface area contributed by atoms with Gasteiger partial charge in [-0.15, -0.1) is 0 Å². The Morgan fingerprint density at radius 2 is 2.00 bits per heavy atom. The van der Waals surface area contributed by atoms with Gasteiger partial charge in [-0.05, 0) is 53.0 Å². The molecule has 3 nitrogen and oxygen atoms in total. The second-order valence-electron chi connectivity index (χ2n) is 4.27. The molecule has 0 aliphatic heterocycles. The smallest absolute Gasteiger partial charge is 0.150 e. The second kappa shape index (κ2) is 4.11. The van der Waals surface area contributed by atoms with Gasteiger partial charge in [-0.25, -0.2) is 4.68 Å². The van der Waals surface area contributed by atoms with Gasteiger partial charge in [-0.3, -0.25) is 4.79 Å². The Bertz CT molecular complexity index is 555. The fraction of sp³-hybridized carbons (Fsp3) is 0.231. The van der Waals surface area contributed by atoms with Crippen molar-refractivity contribution in [3.63, 3.8) is 0 Å². The van der Waals surface area contributed by atoms with Gasteiger partial charge in [-0.1, -0.05) is 0 Å². The molecule has 1 heterocycles. The summed E-state index contributed by atoms with van der Waals surface area (Å²) >= 11 is 3.54. The van der Waals surface area contributed by atoms with Crippen LogP contribution in [0.4, 0.5) is 0 Å². The summed E-state index contributed by atoms with van der Waals surface area (Å²) in [6.45, 7) is 0. The first-order valence-corrected chi connectivity index (χ1v) is 6.38. The zero-order chi connectivity index (χ0) is 11.8. The normalized spacial score (nSPS) is 14.9. The summed E-state index contributed by atoms with van der Waals surface area (Å²) in [6, 6.07) is 7.48. The van der Waals surface area contributed by atoms with E-state index < -0.39 is 0 Å². The number of hydrogen-bond donors (Lipinski definition) is 0. The topological polar surface area (TPSA) is 34.9 Å². The minimum Gasteiger partial charge on any atom is -0.298 e. The Morgan fingerprint density at radius 3 is 2.59 bits per heavy atom. The third-order valence-electron chi connectivity index (χ3n) is 3.00. The van der Waals surface area contributed by atoms with Crippen LogP contribution < -0.4 is 0 Å². The quantitative estimate of drug-likeness (QED) is 0.813. The average molecular weight is 291 g/mol. The molecule has 4 heteroatoms. The summed E-state index contributed by atoms with van der Waals surface area (Å²) in [5.41, 5.74) is 2.93. The van der Waals surface area contributed by atoms with Crippen LogP contribution in [0, 0.1) is 0 Å². The first-order valence-electron chi connectivity index (χ1n) is 5.58. The molecular weight excluding hydrogens is 280 g/mol. The zero-order valence-corrected chi connectivity index (χ0v) is 10.7. The van der Waals surface area contributed by atoms with Crippen LogP contribution in [0.1, 0.15) is 34.8 Å². The first-order chi connectivity index (χ1) is 8.29. The number of carbonyl (C=O) groups is 1. The number of carbonyl (C=O) groups excluding carboxylic acids is 1. The summed E-state index contributed by atoms with van der Waals surface area (Å²) in [7, 11) is 0. The molecule has 0 saturated heterocycles. The van der Waals surface area contributed by atoms with Crippen molar-refractivity contribution in [2.75, 3.05) is 0 Å². The van der Waals surface area contributed by atoms with Crippen molar-refractivity contribution < 1.29 is 4.79 Å². The SMILES string of the molecule is O=Cc1ccc(-n2ncc(Br)c2C2CC2)cc1. The molecule has 0 radical (unpaired) electrons. The molecule has 1 fully saturated rings. The molecule has 0 amide bonds. The molecule has 3 rings (SSSR count). The minimum atomic E-state index is 0.623. The number of nitrogens with zero attached hydrogens (tertiary/aromatic N) is 2. The fourth-order valence-electron chi connectivity index (χ4n) is 1.96. The van der Waals surface area contributed by atoms with E-state index in [4.69, 9.17) is 0 Å². The van der Waals surface area contributed by atoms with Crippen molar-refractivity contribution in [1.29, 1.82) is 0 Å². The Labute approximate surface area is 108 Å². The van der Waals surface area contributed by atoms with Crippen molar-refractivity contribution in [3.8, 4) is 5.69 Å². The van der Waals surface area contributed by atoms with E-state index >= 15 is 0 Å². The lowest BCUT2D eigenvalue weighted by molar-refractivity contribution is 0.112. The fourth-order valence-corrected chi connectivity index (χ4v) is 2.55. The molecule has 0 unspecified atom stereocenters. The monoisotopic (exact) mass is 290 g/mol. The van der Waals surface area contributed by atoms with Crippen LogP contribution in [-0.2, 0) is 0 Å². The van der Waals surface area contributed by atoms with Gasteiger partial charge in [0.15, 0.2) is 0 Å². The van der Waals surface area contributed by atoms with Crippen molar-refractivity contribution >= 4 is 22.2 Å². The lowest BCUT2D eigenvalue weighted by atomic mass is 10.2. The molecule has 17 heavy (non-hydrogen) atoms. The maximum Gasteiger partial charge on any atom is 0.150 e. The third-order valence-corrected chi connectivity index (χ3v) is 3.61. The largest absolute Gasteiger partial charge is 0.298 e. The van der Waals surface area contributed by atoms with E-state index in [-0.39, 0.29) is 0 Å². The molecule has 1 aliphatic carbocycles. The van der Waals surface area contributed by atoms with Crippen molar-refractivity contribution in [2.45, 2.75) is 18.8 Å². The molecule has 1 aliphatic rings. The third kappa shape index (κ3) is 1.93. The van der Waals surface area contributed by atoms with Gasteiger partial charge in [0.25, 0.3) is 0 Å². The zero-order valence-electron chi connectivity index (χ0n) is 9.14. The highest BCUT2D eigenvalue weighted by atomic mass is 79.9. The molecule has 1 aromatic heterocycles. The van der Waals surface area contributed by atoms with E-state index in [0.29, 0.717) is 11.5 Å². The van der Waals surface area contributed by atoms with Crippen molar-refractivity contribution in [3.05, 3.63) is 46.2 Å². The molecule has 0 N–H and O–H groups in total. The molecule has 0 bridgehead atoms. The molecule has 2 aromatic rings. The van der Waals surface area contributed by atoms with Crippen LogP contribution >= 0.6 is 15.9 Å². The van der Waals surface area contributed by atoms with Gasteiger partial charge in [0, 0.05) is 11.5 Å². The maximum absolute atomic E-state index is 10.6. The first kappa shape index (κ1) is 10.7. The van der Waals surface area contributed by atoms with Gasteiger partial charge in [-0.2, -0.15) is 5.10 Å². The molecule has 86 valence electrons. The molecule has 1 saturated carbocycles. The van der Waals surface area contributed by atoms with Gasteiger partial charge in [0.2, 0.25) is 0 Å².